The third-order valence-corrected chi connectivity index (χ3v) is 5.38. The first kappa shape index (κ1) is 21.0. The Morgan fingerprint density at radius 3 is 1.62 bits per heavy atom. The fraction of sp³-hybridized carbons (Fsp3) is 0.900. The van der Waals surface area contributed by atoms with Gasteiger partial charge in [-0.25, -0.2) is 0 Å². The summed E-state index contributed by atoms with van der Waals surface area (Å²) in [6.07, 6.45) is 19.3. The molecular weight excluding hydrogens is 302 g/mol. The number of unbranched alkanes of at least 4 members (excludes halogenated alkanes) is 13. The number of rotatable bonds is 16. The summed E-state index contributed by atoms with van der Waals surface area (Å²) in [5.41, 5.74) is -0.379. The van der Waals surface area contributed by atoms with Crippen LogP contribution in [0.4, 0.5) is 0 Å². The zero-order chi connectivity index (χ0) is 17.7. The van der Waals surface area contributed by atoms with Crippen molar-refractivity contribution in [3.05, 3.63) is 0 Å². The van der Waals surface area contributed by atoms with Crippen molar-refractivity contribution < 1.29 is 15.1 Å². The van der Waals surface area contributed by atoms with Crippen LogP contribution in [-0.4, -0.2) is 22.0 Å². The summed E-state index contributed by atoms with van der Waals surface area (Å²) in [4.78, 5) is 11.2. The summed E-state index contributed by atoms with van der Waals surface area (Å²) in [5, 5.41) is 21.0. The maximum Gasteiger partial charge on any atom is 0.315 e. The Morgan fingerprint density at radius 1 is 0.875 bits per heavy atom. The highest BCUT2D eigenvalue weighted by Gasteiger charge is 2.57. The zero-order valence-electron chi connectivity index (χ0n) is 15.6. The molecule has 140 valence electrons. The van der Waals surface area contributed by atoms with Crippen LogP contribution in [0.1, 0.15) is 110 Å². The fourth-order valence-electron chi connectivity index (χ4n) is 3.53. The van der Waals surface area contributed by atoms with Crippen molar-refractivity contribution in [1.82, 2.24) is 0 Å². The van der Waals surface area contributed by atoms with Crippen LogP contribution in [0.25, 0.3) is 0 Å². The van der Waals surface area contributed by atoms with Crippen LogP contribution in [0.5, 0.6) is 0 Å². The molecule has 2 N–H and O–H groups in total. The fourth-order valence-corrected chi connectivity index (χ4v) is 3.53. The second-order valence-corrected chi connectivity index (χ2v) is 7.46. The Hall–Kier alpha value is -1.06. The van der Waals surface area contributed by atoms with Crippen LogP contribution >= 0.6 is 0 Å². The Bertz CT molecular complexity index is 381. The minimum absolute atomic E-state index is 0.428. The molecule has 1 unspecified atom stereocenters. The van der Waals surface area contributed by atoms with Crippen molar-refractivity contribution in [3.8, 4) is 0 Å². The Kier molecular flexibility index (Phi) is 10.8. The predicted octanol–water partition coefficient (Wildman–Crippen LogP) is 6.16. The molecule has 4 nitrogen and oxygen atoms in total. The number of carbonyl (C=O) groups is 1. The van der Waals surface area contributed by atoms with Gasteiger partial charge in [0.25, 0.3) is 0 Å². The largest absolute Gasteiger partial charge is 0.481 e. The molecule has 24 heavy (non-hydrogen) atoms. The average molecular weight is 340 g/mol. The van der Waals surface area contributed by atoms with Gasteiger partial charge in [-0.1, -0.05) is 102 Å². The first-order chi connectivity index (χ1) is 11.7. The summed E-state index contributed by atoms with van der Waals surface area (Å²) >= 11 is 0. The average Bonchev–Trinajstić information content (AvgIpc) is 3.30. The van der Waals surface area contributed by atoms with Gasteiger partial charge in [-0.15, -0.1) is 0 Å². The molecule has 0 bridgehead atoms. The van der Waals surface area contributed by atoms with Crippen molar-refractivity contribution in [2.75, 3.05) is 0 Å². The summed E-state index contributed by atoms with van der Waals surface area (Å²) in [7, 11) is 0. The number of oxime groups is 1. The highest BCUT2D eigenvalue weighted by Crippen LogP contribution is 2.47. The van der Waals surface area contributed by atoms with Crippen LogP contribution in [0.15, 0.2) is 5.16 Å². The van der Waals surface area contributed by atoms with Crippen LogP contribution in [-0.2, 0) is 4.79 Å². The number of hydrogen-bond acceptors (Lipinski definition) is 3. The molecule has 1 aliphatic rings. The van der Waals surface area contributed by atoms with Gasteiger partial charge in [0, 0.05) is 6.42 Å². The highest BCUT2D eigenvalue weighted by molar-refractivity contribution is 6.19. The molecule has 0 aliphatic heterocycles. The Labute approximate surface area is 147 Å². The quantitative estimate of drug-likeness (QED) is 0.201. The summed E-state index contributed by atoms with van der Waals surface area (Å²) in [6, 6.07) is 0. The van der Waals surface area contributed by atoms with Crippen molar-refractivity contribution >= 4 is 11.7 Å². The predicted molar refractivity (Wildman–Crippen MR) is 98.8 cm³/mol. The van der Waals surface area contributed by atoms with Crippen molar-refractivity contribution in [3.63, 3.8) is 0 Å². The molecule has 0 radical (unpaired) electrons. The third kappa shape index (κ3) is 7.67. The van der Waals surface area contributed by atoms with Gasteiger partial charge >= 0.3 is 5.97 Å². The lowest BCUT2D eigenvalue weighted by molar-refractivity contribution is -0.142. The second-order valence-electron chi connectivity index (χ2n) is 7.46. The van der Waals surface area contributed by atoms with E-state index in [1.807, 2.05) is 0 Å². The van der Waals surface area contributed by atoms with Crippen molar-refractivity contribution in [2.45, 2.75) is 110 Å². The van der Waals surface area contributed by atoms with Gasteiger partial charge in [0.15, 0.2) is 0 Å². The lowest BCUT2D eigenvalue weighted by Crippen LogP contribution is -2.17. The minimum atomic E-state index is -0.829. The van der Waals surface area contributed by atoms with Gasteiger partial charge in [0.1, 0.15) is 5.41 Å². The minimum Gasteiger partial charge on any atom is -0.481 e. The van der Waals surface area contributed by atoms with E-state index in [9.17, 15) is 9.90 Å². The van der Waals surface area contributed by atoms with Crippen molar-refractivity contribution in [2.24, 2.45) is 10.6 Å². The molecule has 1 atom stereocenters. The summed E-state index contributed by atoms with van der Waals surface area (Å²) in [6.45, 7) is 2.26. The van der Waals surface area contributed by atoms with E-state index < -0.39 is 11.4 Å². The first-order valence-corrected chi connectivity index (χ1v) is 10.1. The Morgan fingerprint density at radius 2 is 1.29 bits per heavy atom. The van der Waals surface area contributed by atoms with Gasteiger partial charge in [-0.3, -0.25) is 4.79 Å². The van der Waals surface area contributed by atoms with E-state index in [1.54, 1.807) is 0 Å². The van der Waals surface area contributed by atoms with Gasteiger partial charge in [0.05, 0.1) is 5.71 Å². The van der Waals surface area contributed by atoms with Gasteiger partial charge in [0.2, 0.25) is 0 Å². The van der Waals surface area contributed by atoms with Gasteiger partial charge in [-0.2, -0.15) is 0 Å². The SMILES string of the molecule is CCCCCCCCCCCCCCCCC1(C(=O)O)CC1=NO. The number of carboxylic acids is 1. The zero-order valence-corrected chi connectivity index (χ0v) is 15.6. The first-order valence-electron chi connectivity index (χ1n) is 10.1. The lowest BCUT2D eigenvalue weighted by atomic mass is 9.97. The van der Waals surface area contributed by atoms with Crippen LogP contribution in [0.2, 0.25) is 0 Å². The molecule has 1 rings (SSSR count). The van der Waals surface area contributed by atoms with Crippen LogP contribution in [0, 0.1) is 5.41 Å². The maximum absolute atomic E-state index is 11.2. The Balaban J connectivity index is 1.84. The molecule has 4 heteroatoms. The smallest absolute Gasteiger partial charge is 0.315 e. The molecule has 1 aliphatic carbocycles. The molecule has 0 aromatic carbocycles. The highest BCUT2D eigenvalue weighted by atomic mass is 16.4. The van der Waals surface area contributed by atoms with E-state index in [0.29, 0.717) is 18.6 Å². The maximum atomic E-state index is 11.2. The summed E-state index contributed by atoms with van der Waals surface area (Å²) < 4.78 is 0. The second kappa shape index (κ2) is 12.3. The third-order valence-electron chi connectivity index (χ3n) is 5.38. The number of carboxylic acid groups (broad SMARTS) is 1. The van der Waals surface area contributed by atoms with Gasteiger partial charge < -0.3 is 10.3 Å². The van der Waals surface area contributed by atoms with Crippen molar-refractivity contribution in [1.29, 1.82) is 0 Å². The number of hydrogen-bond donors (Lipinski definition) is 2. The van der Waals surface area contributed by atoms with E-state index in [-0.39, 0.29) is 0 Å². The molecule has 1 fully saturated rings. The van der Waals surface area contributed by atoms with Crippen LogP contribution in [0.3, 0.4) is 0 Å². The van der Waals surface area contributed by atoms with E-state index in [0.717, 1.165) is 12.8 Å². The van der Waals surface area contributed by atoms with E-state index in [4.69, 9.17) is 5.21 Å². The lowest BCUT2D eigenvalue weighted by Gasteiger charge is -2.08. The van der Waals surface area contributed by atoms with E-state index >= 15 is 0 Å². The standard InChI is InChI=1S/C20H37NO3/c1-2-3-4-5-6-7-8-9-10-11-12-13-14-15-16-20(19(22)23)17-18(20)21-24/h24H,2-17H2,1H3,(H,22,23). The topological polar surface area (TPSA) is 69.9 Å². The molecule has 0 aromatic heterocycles. The normalized spacial score (nSPS) is 21.3. The van der Waals surface area contributed by atoms with Gasteiger partial charge in [-0.05, 0) is 6.42 Å². The molecule has 0 saturated heterocycles. The molecular formula is C20H37NO3. The summed E-state index contributed by atoms with van der Waals surface area (Å²) in [5.74, 6) is -0.829. The molecule has 0 aromatic rings. The van der Waals surface area contributed by atoms with E-state index in [2.05, 4.69) is 12.1 Å². The number of nitrogens with zero attached hydrogens (tertiary/aromatic N) is 1. The molecule has 1 saturated carbocycles. The van der Waals surface area contributed by atoms with Crippen LogP contribution < -0.4 is 0 Å². The van der Waals surface area contributed by atoms with E-state index in [1.165, 1.54) is 77.0 Å². The molecule has 0 heterocycles. The number of aliphatic carboxylic acids is 1. The monoisotopic (exact) mass is 339 g/mol. The molecule has 0 spiro atoms. The molecule has 0 amide bonds.